The average Bonchev–Trinajstić information content (AvgIpc) is 3.05. The molecule has 3 aromatic rings. The number of nitrogens with one attached hydrogen (secondary N) is 1. The molecule has 1 amide bonds. The number of aryl methyl sites for hydroxylation is 1. The molecular formula is C22H24ClN3O3. The lowest BCUT2D eigenvalue weighted by Gasteiger charge is -2.35. The minimum atomic E-state index is -0.296. The zero-order valence-corrected chi connectivity index (χ0v) is 17.5. The number of amides is 1. The van der Waals surface area contributed by atoms with Gasteiger partial charge in [-0.1, -0.05) is 11.6 Å². The highest BCUT2D eigenvalue weighted by Gasteiger charge is 2.22. The number of rotatable bonds is 4. The van der Waals surface area contributed by atoms with Gasteiger partial charge in [0.1, 0.15) is 11.3 Å². The zero-order valence-electron chi connectivity index (χ0n) is 16.8. The Labute approximate surface area is 175 Å². The van der Waals surface area contributed by atoms with Crippen LogP contribution in [-0.2, 0) is 0 Å². The number of anilines is 2. The summed E-state index contributed by atoms with van der Waals surface area (Å²) in [7, 11) is 3.73. The van der Waals surface area contributed by atoms with E-state index in [1.165, 1.54) is 0 Å². The lowest BCUT2D eigenvalue weighted by Crippen LogP contribution is -2.44. The molecule has 1 aliphatic rings. The molecule has 2 heterocycles. The van der Waals surface area contributed by atoms with Gasteiger partial charge in [0, 0.05) is 42.2 Å². The highest BCUT2D eigenvalue weighted by molar-refractivity contribution is 6.31. The van der Waals surface area contributed by atoms with Gasteiger partial charge in [-0.15, -0.1) is 0 Å². The number of furan rings is 1. The molecule has 1 N–H and O–H groups in total. The van der Waals surface area contributed by atoms with Crippen LogP contribution in [0.1, 0.15) is 16.1 Å². The molecule has 7 heteroatoms. The Morgan fingerprint density at radius 1 is 1.14 bits per heavy atom. The maximum atomic E-state index is 13.1. The van der Waals surface area contributed by atoms with E-state index in [-0.39, 0.29) is 11.7 Å². The molecule has 0 radical (unpaired) electrons. The second-order valence-corrected chi connectivity index (χ2v) is 7.76. The number of hydrogen-bond acceptors (Lipinski definition) is 5. The van der Waals surface area contributed by atoms with E-state index in [4.69, 9.17) is 20.8 Å². The van der Waals surface area contributed by atoms with E-state index in [1.54, 1.807) is 13.2 Å². The number of halogens is 1. The number of ether oxygens (including phenoxy) is 1. The number of piperazine rings is 1. The number of nitrogens with zero attached hydrogens (tertiary/aromatic N) is 2. The monoisotopic (exact) mass is 413 g/mol. The summed E-state index contributed by atoms with van der Waals surface area (Å²) < 4.78 is 11.1. The van der Waals surface area contributed by atoms with Crippen LogP contribution in [0.4, 0.5) is 11.4 Å². The van der Waals surface area contributed by atoms with Crippen molar-refractivity contribution in [2.75, 3.05) is 50.6 Å². The second-order valence-electron chi connectivity index (χ2n) is 7.32. The van der Waals surface area contributed by atoms with Gasteiger partial charge in [-0.05, 0) is 50.4 Å². The number of fused-ring (bicyclic) bond motifs is 1. The van der Waals surface area contributed by atoms with E-state index >= 15 is 0 Å². The maximum absolute atomic E-state index is 13.1. The SMILES string of the molecule is COc1ccc2oc(C(=O)Nc3cc(Cl)ccc3N3CCN(C)CC3)c(C)c2c1. The smallest absolute Gasteiger partial charge is 0.291 e. The Bertz CT molecular complexity index is 1050. The molecule has 0 unspecified atom stereocenters. The largest absolute Gasteiger partial charge is 0.497 e. The van der Waals surface area contributed by atoms with E-state index in [1.807, 2.05) is 37.3 Å². The van der Waals surface area contributed by atoms with Crippen LogP contribution in [-0.4, -0.2) is 51.1 Å². The summed E-state index contributed by atoms with van der Waals surface area (Å²) in [5.74, 6) is 0.716. The summed E-state index contributed by atoms with van der Waals surface area (Å²) >= 11 is 6.22. The first-order valence-electron chi connectivity index (χ1n) is 9.58. The number of likely N-dealkylation sites (N-methyl/N-ethyl adjacent to an activating group) is 1. The van der Waals surface area contributed by atoms with Crippen molar-refractivity contribution in [2.45, 2.75) is 6.92 Å². The maximum Gasteiger partial charge on any atom is 0.291 e. The van der Waals surface area contributed by atoms with E-state index in [0.29, 0.717) is 16.3 Å². The first-order chi connectivity index (χ1) is 14.0. The second kappa shape index (κ2) is 7.97. The topological polar surface area (TPSA) is 58.0 Å². The first kappa shape index (κ1) is 19.6. The molecule has 0 spiro atoms. The molecule has 1 fully saturated rings. The van der Waals surface area contributed by atoms with Crippen molar-refractivity contribution in [1.82, 2.24) is 4.90 Å². The highest BCUT2D eigenvalue weighted by Crippen LogP contribution is 2.33. The van der Waals surface area contributed by atoms with E-state index in [9.17, 15) is 4.79 Å². The Kier molecular flexibility index (Phi) is 5.39. The van der Waals surface area contributed by atoms with Crippen molar-refractivity contribution in [1.29, 1.82) is 0 Å². The molecule has 2 aromatic carbocycles. The number of hydrogen-bond donors (Lipinski definition) is 1. The summed E-state index contributed by atoms with van der Waals surface area (Å²) in [5.41, 5.74) is 3.08. The lowest BCUT2D eigenvalue weighted by molar-refractivity contribution is 0.0998. The number of carbonyl (C=O) groups excluding carboxylic acids is 1. The normalized spacial score (nSPS) is 15.0. The third-order valence-corrected chi connectivity index (χ3v) is 5.64. The van der Waals surface area contributed by atoms with Gasteiger partial charge in [0.05, 0.1) is 18.5 Å². The molecular weight excluding hydrogens is 390 g/mol. The minimum Gasteiger partial charge on any atom is -0.497 e. The lowest BCUT2D eigenvalue weighted by atomic mass is 10.1. The Morgan fingerprint density at radius 2 is 1.90 bits per heavy atom. The summed E-state index contributed by atoms with van der Waals surface area (Å²) in [5, 5.41) is 4.44. The van der Waals surface area contributed by atoms with Gasteiger partial charge in [0.2, 0.25) is 0 Å². The fourth-order valence-corrected chi connectivity index (χ4v) is 3.83. The van der Waals surface area contributed by atoms with E-state index in [0.717, 1.165) is 48.6 Å². The first-order valence-corrected chi connectivity index (χ1v) is 9.95. The van der Waals surface area contributed by atoms with Crippen molar-refractivity contribution >= 4 is 39.9 Å². The molecule has 152 valence electrons. The molecule has 0 aliphatic carbocycles. The molecule has 1 saturated heterocycles. The average molecular weight is 414 g/mol. The molecule has 1 aliphatic heterocycles. The van der Waals surface area contributed by atoms with Crippen molar-refractivity contribution in [2.24, 2.45) is 0 Å². The minimum absolute atomic E-state index is 0.289. The molecule has 4 rings (SSSR count). The van der Waals surface area contributed by atoms with Gasteiger partial charge in [-0.3, -0.25) is 4.79 Å². The Balaban J connectivity index is 1.64. The molecule has 29 heavy (non-hydrogen) atoms. The molecule has 6 nitrogen and oxygen atoms in total. The van der Waals surface area contributed by atoms with Gasteiger partial charge in [-0.2, -0.15) is 0 Å². The van der Waals surface area contributed by atoms with Gasteiger partial charge in [0.15, 0.2) is 5.76 Å². The van der Waals surface area contributed by atoms with Gasteiger partial charge < -0.3 is 24.3 Å². The van der Waals surface area contributed by atoms with Crippen molar-refractivity contribution in [3.8, 4) is 5.75 Å². The zero-order chi connectivity index (χ0) is 20.5. The Hall–Kier alpha value is -2.70. The summed E-state index contributed by atoms with van der Waals surface area (Å²) in [6, 6.07) is 11.1. The standard InChI is InChI=1S/C22H24ClN3O3/c1-14-17-13-16(28-3)5-7-20(17)29-21(14)22(27)24-18-12-15(23)4-6-19(18)26-10-8-25(2)9-11-26/h4-7,12-13H,8-11H2,1-3H3,(H,24,27). The quantitative estimate of drug-likeness (QED) is 0.686. The highest BCUT2D eigenvalue weighted by atomic mass is 35.5. The molecule has 0 saturated carbocycles. The van der Waals surface area contributed by atoms with Crippen LogP contribution in [0.15, 0.2) is 40.8 Å². The van der Waals surface area contributed by atoms with E-state index < -0.39 is 0 Å². The van der Waals surface area contributed by atoms with Crippen LogP contribution >= 0.6 is 11.6 Å². The number of benzene rings is 2. The van der Waals surface area contributed by atoms with Crippen molar-refractivity contribution in [3.63, 3.8) is 0 Å². The molecule has 1 aromatic heterocycles. The van der Waals surface area contributed by atoms with Gasteiger partial charge >= 0.3 is 0 Å². The summed E-state index contributed by atoms with van der Waals surface area (Å²) in [4.78, 5) is 17.6. The van der Waals surface area contributed by atoms with Crippen LogP contribution < -0.4 is 15.0 Å². The fourth-order valence-electron chi connectivity index (χ4n) is 3.65. The number of carbonyl (C=O) groups is 1. The van der Waals surface area contributed by atoms with Crippen molar-refractivity contribution in [3.05, 3.63) is 52.7 Å². The summed E-state index contributed by atoms with van der Waals surface area (Å²) in [6.07, 6.45) is 0. The fraction of sp³-hybridized carbons (Fsp3) is 0.318. The van der Waals surface area contributed by atoms with E-state index in [2.05, 4.69) is 22.2 Å². The van der Waals surface area contributed by atoms with Crippen LogP contribution in [0.2, 0.25) is 5.02 Å². The predicted molar refractivity (Wildman–Crippen MR) is 117 cm³/mol. The van der Waals surface area contributed by atoms with Crippen LogP contribution in [0.25, 0.3) is 11.0 Å². The van der Waals surface area contributed by atoms with Crippen LogP contribution in [0, 0.1) is 6.92 Å². The van der Waals surface area contributed by atoms with Crippen LogP contribution in [0.5, 0.6) is 5.75 Å². The predicted octanol–water partition coefficient (Wildman–Crippen LogP) is 4.41. The van der Waals surface area contributed by atoms with Crippen LogP contribution in [0.3, 0.4) is 0 Å². The van der Waals surface area contributed by atoms with Gasteiger partial charge in [0.25, 0.3) is 5.91 Å². The van der Waals surface area contributed by atoms with Crippen molar-refractivity contribution < 1.29 is 13.9 Å². The third-order valence-electron chi connectivity index (χ3n) is 5.40. The van der Waals surface area contributed by atoms with Gasteiger partial charge in [-0.25, -0.2) is 0 Å². The number of methoxy groups -OCH3 is 1. The summed E-state index contributed by atoms with van der Waals surface area (Å²) in [6.45, 7) is 5.61. The Morgan fingerprint density at radius 3 is 2.62 bits per heavy atom. The molecule has 0 bridgehead atoms. The third kappa shape index (κ3) is 3.91. The molecule has 0 atom stereocenters.